The van der Waals surface area contributed by atoms with Crippen LogP contribution in [0.25, 0.3) is 0 Å². The molecule has 0 atom stereocenters. The van der Waals surface area contributed by atoms with Gasteiger partial charge < -0.3 is 15.0 Å². The van der Waals surface area contributed by atoms with Crippen LogP contribution in [-0.2, 0) is 13.8 Å². The van der Waals surface area contributed by atoms with Crippen molar-refractivity contribution in [3.8, 4) is 0 Å². The molecule has 0 aliphatic heterocycles. The predicted octanol–water partition coefficient (Wildman–Crippen LogP) is 1.10. The Bertz CT molecular complexity index is 536. The van der Waals surface area contributed by atoms with Crippen molar-refractivity contribution < 1.29 is 17.9 Å². The fraction of sp³-hybridized carbons (Fsp3) is 0.500. The van der Waals surface area contributed by atoms with Crippen LogP contribution in [0, 0.1) is 0 Å². The lowest BCUT2D eigenvalue weighted by Crippen LogP contribution is -2.46. The molecule has 1 aromatic rings. The number of hydrogen-bond donors (Lipinski definition) is 2. The first kappa shape index (κ1) is 15.0. The number of aromatic amines is 1. The van der Waals surface area contributed by atoms with Crippen molar-refractivity contribution in [2.24, 2.45) is 0 Å². The zero-order chi connectivity index (χ0) is 14.0. The van der Waals surface area contributed by atoms with E-state index in [1.807, 2.05) is 0 Å². The fourth-order valence-corrected chi connectivity index (χ4v) is 2.14. The average Bonchev–Trinajstić information content (AvgIpc) is 2.63. The van der Waals surface area contributed by atoms with Crippen LogP contribution >= 0.6 is 10.7 Å². The summed E-state index contributed by atoms with van der Waals surface area (Å²) in [7, 11) is 2.86. The van der Waals surface area contributed by atoms with E-state index in [-0.39, 0.29) is 10.6 Å². The Kier molecular flexibility index (Phi) is 4.41. The van der Waals surface area contributed by atoms with E-state index in [1.165, 1.54) is 19.4 Å². The Morgan fingerprint density at radius 2 is 2.17 bits per heavy atom. The van der Waals surface area contributed by atoms with Gasteiger partial charge in [-0.25, -0.2) is 8.42 Å². The molecule has 1 amide bonds. The Morgan fingerprint density at radius 1 is 1.56 bits per heavy atom. The second kappa shape index (κ2) is 5.29. The van der Waals surface area contributed by atoms with Gasteiger partial charge in [0.2, 0.25) is 0 Å². The van der Waals surface area contributed by atoms with Crippen molar-refractivity contribution in [1.82, 2.24) is 10.3 Å². The SMILES string of the molecule is COCC(C)(C)NC(=O)c1cc(S(=O)(=O)Cl)c[nH]1. The van der Waals surface area contributed by atoms with E-state index in [0.717, 1.165) is 0 Å². The number of hydrogen-bond acceptors (Lipinski definition) is 4. The molecule has 0 aliphatic rings. The molecule has 0 aliphatic carbocycles. The Morgan fingerprint density at radius 3 is 2.61 bits per heavy atom. The minimum Gasteiger partial charge on any atom is -0.382 e. The number of ether oxygens (including phenoxy) is 1. The molecule has 0 saturated heterocycles. The molecular formula is C10H15ClN2O4S. The Labute approximate surface area is 110 Å². The van der Waals surface area contributed by atoms with Crippen molar-refractivity contribution in [1.29, 1.82) is 0 Å². The first-order valence-electron chi connectivity index (χ1n) is 5.10. The molecule has 0 spiro atoms. The second-order valence-corrected chi connectivity index (χ2v) is 7.02. The second-order valence-electron chi connectivity index (χ2n) is 4.46. The van der Waals surface area contributed by atoms with E-state index >= 15 is 0 Å². The minimum absolute atomic E-state index is 0.124. The first-order chi connectivity index (χ1) is 8.15. The number of carbonyl (C=O) groups excluding carboxylic acids is 1. The largest absolute Gasteiger partial charge is 0.382 e. The molecule has 1 heterocycles. The predicted molar refractivity (Wildman–Crippen MR) is 67.3 cm³/mol. The van der Waals surface area contributed by atoms with Crippen molar-refractivity contribution in [3.63, 3.8) is 0 Å². The van der Waals surface area contributed by atoms with Crippen LogP contribution in [0.3, 0.4) is 0 Å². The summed E-state index contributed by atoms with van der Waals surface area (Å²) in [5, 5.41) is 2.71. The van der Waals surface area contributed by atoms with Crippen molar-refractivity contribution >= 4 is 25.6 Å². The van der Waals surface area contributed by atoms with Gasteiger partial charge in [0.25, 0.3) is 15.0 Å². The van der Waals surface area contributed by atoms with Gasteiger partial charge in [-0.1, -0.05) is 0 Å². The molecule has 8 heteroatoms. The lowest BCUT2D eigenvalue weighted by Gasteiger charge is -2.24. The van der Waals surface area contributed by atoms with Crippen molar-refractivity contribution in [2.45, 2.75) is 24.3 Å². The summed E-state index contributed by atoms with van der Waals surface area (Å²) in [5.41, 5.74) is -0.435. The van der Waals surface area contributed by atoms with Gasteiger partial charge in [0.1, 0.15) is 10.6 Å². The third-order valence-electron chi connectivity index (χ3n) is 2.14. The van der Waals surface area contributed by atoms with Crippen LogP contribution in [0.2, 0.25) is 0 Å². The van der Waals surface area contributed by atoms with E-state index < -0.39 is 20.5 Å². The van der Waals surface area contributed by atoms with E-state index in [2.05, 4.69) is 10.3 Å². The summed E-state index contributed by atoms with van der Waals surface area (Å²) < 4.78 is 27.1. The third kappa shape index (κ3) is 4.01. The highest BCUT2D eigenvalue weighted by Gasteiger charge is 2.23. The first-order valence-corrected chi connectivity index (χ1v) is 7.41. The smallest absolute Gasteiger partial charge is 0.268 e. The summed E-state index contributed by atoms with van der Waals surface area (Å²) in [6.45, 7) is 3.91. The monoisotopic (exact) mass is 294 g/mol. The van der Waals surface area contributed by atoms with Crippen molar-refractivity contribution in [3.05, 3.63) is 18.0 Å². The molecule has 2 N–H and O–H groups in total. The summed E-state index contributed by atoms with van der Waals surface area (Å²) >= 11 is 0. The standard InChI is InChI=1S/C10H15ClN2O4S/c1-10(2,6-17-3)13-9(14)8-4-7(5-12-8)18(11,15)16/h4-5,12H,6H2,1-3H3,(H,13,14). The average molecular weight is 295 g/mol. The molecule has 0 radical (unpaired) electrons. The molecule has 0 unspecified atom stereocenters. The number of amides is 1. The highest BCUT2D eigenvalue weighted by Crippen LogP contribution is 2.16. The van der Waals surface area contributed by atoms with Crippen LogP contribution in [0.5, 0.6) is 0 Å². The third-order valence-corrected chi connectivity index (χ3v) is 3.47. The molecule has 0 bridgehead atoms. The van der Waals surface area contributed by atoms with Crippen LogP contribution in [0.1, 0.15) is 24.3 Å². The van der Waals surface area contributed by atoms with Gasteiger partial charge in [0.15, 0.2) is 0 Å². The van der Waals surface area contributed by atoms with Gasteiger partial charge in [-0.15, -0.1) is 0 Å². The number of nitrogens with one attached hydrogen (secondary N) is 2. The summed E-state index contributed by atoms with van der Waals surface area (Å²) in [4.78, 5) is 14.3. The Hall–Kier alpha value is -1.05. The molecule has 1 aromatic heterocycles. The van der Waals surface area contributed by atoms with E-state index in [9.17, 15) is 13.2 Å². The van der Waals surface area contributed by atoms with E-state index in [0.29, 0.717) is 6.61 Å². The van der Waals surface area contributed by atoms with E-state index in [4.69, 9.17) is 15.4 Å². The lowest BCUT2D eigenvalue weighted by atomic mass is 10.1. The quantitative estimate of drug-likeness (QED) is 0.796. The summed E-state index contributed by atoms with van der Waals surface area (Å²) in [6, 6.07) is 1.18. The maximum Gasteiger partial charge on any atom is 0.268 e. The molecule has 102 valence electrons. The summed E-state index contributed by atoms with van der Waals surface area (Å²) in [6.07, 6.45) is 1.17. The number of methoxy groups -OCH3 is 1. The van der Waals surface area contributed by atoms with Gasteiger partial charge in [-0.3, -0.25) is 4.79 Å². The molecule has 18 heavy (non-hydrogen) atoms. The van der Waals surface area contributed by atoms with Gasteiger partial charge >= 0.3 is 0 Å². The minimum atomic E-state index is -3.83. The topological polar surface area (TPSA) is 88.3 Å². The summed E-state index contributed by atoms with van der Waals surface area (Å²) in [5.74, 6) is -0.427. The molecule has 0 saturated carbocycles. The normalized spacial score (nSPS) is 12.4. The molecule has 6 nitrogen and oxygen atoms in total. The Balaban J connectivity index is 2.83. The molecular weight excluding hydrogens is 280 g/mol. The number of aromatic nitrogens is 1. The van der Waals surface area contributed by atoms with Crippen molar-refractivity contribution in [2.75, 3.05) is 13.7 Å². The fourth-order valence-electron chi connectivity index (χ4n) is 1.42. The van der Waals surface area contributed by atoms with Gasteiger partial charge in [-0.2, -0.15) is 0 Å². The van der Waals surface area contributed by atoms with E-state index in [1.54, 1.807) is 13.8 Å². The van der Waals surface area contributed by atoms with Gasteiger partial charge in [0, 0.05) is 24.0 Å². The maximum atomic E-state index is 11.8. The number of rotatable bonds is 5. The number of carbonyl (C=O) groups is 1. The van der Waals surface area contributed by atoms with Gasteiger partial charge in [-0.05, 0) is 19.9 Å². The molecule has 1 rings (SSSR count). The van der Waals surface area contributed by atoms with Crippen LogP contribution in [0.4, 0.5) is 0 Å². The highest BCUT2D eigenvalue weighted by atomic mass is 35.7. The van der Waals surface area contributed by atoms with Crippen LogP contribution < -0.4 is 5.32 Å². The number of H-pyrrole nitrogens is 1. The zero-order valence-electron chi connectivity index (χ0n) is 10.3. The molecule has 0 aromatic carbocycles. The van der Waals surface area contributed by atoms with Crippen LogP contribution in [0.15, 0.2) is 17.2 Å². The van der Waals surface area contributed by atoms with Crippen LogP contribution in [-0.4, -0.2) is 38.6 Å². The maximum absolute atomic E-state index is 11.8. The van der Waals surface area contributed by atoms with Gasteiger partial charge in [0.05, 0.1) is 12.1 Å². The number of halogens is 1. The zero-order valence-corrected chi connectivity index (χ0v) is 11.9. The highest BCUT2D eigenvalue weighted by molar-refractivity contribution is 8.13. The molecule has 0 fully saturated rings. The lowest BCUT2D eigenvalue weighted by molar-refractivity contribution is 0.0815.